The fourth-order valence-electron chi connectivity index (χ4n) is 1.66. The fourth-order valence-corrected chi connectivity index (χ4v) is 1.66. The summed E-state index contributed by atoms with van der Waals surface area (Å²) < 4.78 is 10.8. The Hall–Kier alpha value is -2.58. The summed E-state index contributed by atoms with van der Waals surface area (Å²) in [6, 6.07) is 10.5. The van der Waals surface area contributed by atoms with Gasteiger partial charge in [0.1, 0.15) is 0 Å². The van der Waals surface area contributed by atoms with Crippen molar-refractivity contribution in [2.24, 2.45) is 5.73 Å². The molecule has 0 unspecified atom stereocenters. The summed E-state index contributed by atoms with van der Waals surface area (Å²) >= 11 is 0. The first-order valence-corrected chi connectivity index (χ1v) is 6.11. The lowest BCUT2D eigenvalue weighted by molar-refractivity contribution is 0.374. The van der Waals surface area contributed by atoms with Crippen molar-refractivity contribution in [3.63, 3.8) is 0 Å². The van der Waals surface area contributed by atoms with Crippen LogP contribution in [0.5, 0.6) is 17.4 Å². The molecule has 0 radical (unpaired) electrons. The highest BCUT2D eigenvalue weighted by Gasteiger charge is 2.08. The Labute approximate surface area is 117 Å². The van der Waals surface area contributed by atoms with E-state index in [0.717, 1.165) is 5.56 Å². The topological polar surface area (TPSA) is 81.2 Å². The molecule has 0 aliphatic heterocycles. The number of methoxy groups -OCH3 is 1. The SMILES string of the molecule is COc1cc(C#N)ccc1Oc1ccc([C@@H](C)N)cn1. The van der Waals surface area contributed by atoms with Gasteiger partial charge in [0.15, 0.2) is 11.5 Å². The van der Waals surface area contributed by atoms with Gasteiger partial charge in [-0.05, 0) is 24.6 Å². The van der Waals surface area contributed by atoms with E-state index in [1.54, 1.807) is 30.5 Å². The maximum Gasteiger partial charge on any atom is 0.219 e. The molecule has 0 saturated carbocycles. The molecule has 2 aromatic rings. The lowest BCUT2D eigenvalue weighted by Gasteiger charge is -2.10. The summed E-state index contributed by atoms with van der Waals surface area (Å²) in [6.45, 7) is 1.89. The van der Waals surface area contributed by atoms with Gasteiger partial charge < -0.3 is 15.2 Å². The van der Waals surface area contributed by atoms with Crippen molar-refractivity contribution in [1.82, 2.24) is 4.98 Å². The number of benzene rings is 1. The van der Waals surface area contributed by atoms with Crippen molar-refractivity contribution in [2.45, 2.75) is 13.0 Å². The molecule has 0 aliphatic carbocycles. The number of aromatic nitrogens is 1. The third-order valence-electron chi connectivity index (χ3n) is 2.79. The Kier molecular flexibility index (Phi) is 4.18. The Bertz CT molecular complexity index is 631. The maximum absolute atomic E-state index is 8.85. The highest BCUT2D eigenvalue weighted by atomic mass is 16.5. The Morgan fingerprint density at radius 3 is 2.60 bits per heavy atom. The van der Waals surface area contributed by atoms with Crippen LogP contribution >= 0.6 is 0 Å². The van der Waals surface area contributed by atoms with E-state index in [4.69, 9.17) is 20.5 Å². The summed E-state index contributed by atoms with van der Waals surface area (Å²) in [5, 5.41) is 8.85. The Balaban J connectivity index is 2.23. The maximum atomic E-state index is 8.85. The zero-order chi connectivity index (χ0) is 14.5. The molecule has 2 rings (SSSR count). The third kappa shape index (κ3) is 3.05. The average molecular weight is 269 g/mol. The van der Waals surface area contributed by atoms with Crippen LogP contribution in [0.1, 0.15) is 24.1 Å². The molecule has 0 bridgehead atoms. The molecule has 102 valence electrons. The number of hydrogen-bond donors (Lipinski definition) is 1. The van der Waals surface area contributed by atoms with E-state index in [2.05, 4.69) is 4.98 Å². The first-order valence-electron chi connectivity index (χ1n) is 6.11. The van der Waals surface area contributed by atoms with Gasteiger partial charge in [0.25, 0.3) is 0 Å². The quantitative estimate of drug-likeness (QED) is 0.923. The molecule has 0 fully saturated rings. The van der Waals surface area contributed by atoms with Crippen LogP contribution in [0.2, 0.25) is 0 Å². The number of nitrogens with zero attached hydrogens (tertiary/aromatic N) is 2. The largest absolute Gasteiger partial charge is 0.493 e. The predicted octanol–water partition coefficient (Wildman–Crippen LogP) is 2.77. The molecule has 0 amide bonds. The van der Waals surface area contributed by atoms with Gasteiger partial charge in [-0.25, -0.2) is 4.98 Å². The van der Waals surface area contributed by atoms with Crippen molar-refractivity contribution in [3.8, 4) is 23.4 Å². The molecular weight excluding hydrogens is 254 g/mol. The number of nitriles is 1. The smallest absolute Gasteiger partial charge is 0.219 e. The van der Waals surface area contributed by atoms with E-state index in [1.807, 2.05) is 19.1 Å². The molecule has 0 spiro atoms. The summed E-state index contributed by atoms with van der Waals surface area (Å²) in [4.78, 5) is 4.19. The molecule has 1 atom stereocenters. The zero-order valence-corrected chi connectivity index (χ0v) is 11.3. The molecule has 5 heteroatoms. The second kappa shape index (κ2) is 6.04. The number of nitrogens with two attached hydrogens (primary N) is 1. The van der Waals surface area contributed by atoms with Crippen LogP contribution in [0, 0.1) is 11.3 Å². The molecule has 1 heterocycles. The van der Waals surface area contributed by atoms with Gasteiger partial charge in [-0.15, -0.1) is 0 Å². The molecule has 5 nitrogen and oxygen atoms in total. The van der Waals surface area contributed by atoms with Crippen molar-refractivity contribution < 1.29 is 9.47 Å². The fraction of sp³-hybridized carbons (Fsp3) is 0.200. The first-order chi connectivity index (χ1) is 9.63. The highest BCUT2D eigenvalue weighted by Crippen LogP contribution is 2.31. The van der Waals surface area contributed by atoms with Gasteiger partial charge in [-0.2, -0.15) is 5.26 Å². The zero-order valence-electron chi connectivity index (χ0n) is 11.3. The lowest BCUT2D eigenvalue weighted by Crippen LogP contribution is -2.05. The summed E-state index contributed by atoms with van der Waals surface area (Å²) in [6.07, 6.45) is 1.68. The van der Waals surface area contributed by atoms with E-state index in [1.165, 1.54) is 7.11 Å². The number of rotatable bonds is 4. The van der Waals surface area contributed by atoms with Gasteiger partial charge in [-0.3, -0.25) is 0 Å². The molecule has 20 heavy (non-hydrogen) atoms. The second-order valence-electron chi connectivity index (χ2n) is 4.30. The van der Waals surface area contributed by atoms with Crippen LogP contribution in [-0.2, 0) is 0 Å². The van der Waals surface area contributed by atoms with Crippen molar-refractivity contribution in [2.75, 3.05) is 7.11 Å². The van der Waals surface area contributed by atoms with Gasteiger partial charge in [0, 0.05) is 24.4 Å². The van der Waals surface area contributed by atoms with Crippen molar-refractivity contribution >= 4 is 0 Å². The van der Waals surface area contributed by atoms with Crippen LogP contribution < -0.4 is 15.2 Å². The van der Waals surface area contributed by atoms with E-state index in [-0.39, 0.29) is 6.04 Å². The van der Waals surface area contributed by atoms with Gasteiger partial charge in [0.2, 0.25) is 5.88 Å². The Morgan fingerprint density at radius 2 is 2.05 bits per heavy atom. The van der Waals surface area contributed by atoms with Crippen LogP contribution in [0.3, 0.4) is 0 Å². The first kappa shape index (κ1) is 13.8. The van der Waals surface area contributed by atoms with Gasteiger partial charge in [0.05, 0.1) is 18.7 Å². The average Bonchev–Trinajstić information content (AvgIpc) is 2.48. The van der Waals surface area contributed by atoms with E-state index < -0.39 is 0 Å². The Morgan fingerprint density at radius 1 is 1.25 bits per heavy atom. The number of pyridine rings is 1. The van der Waals surface area contributed by atoms with Crippen LogP contribution in [-0.4, -0.2) is 12.1 Å². The lowest BCUT2D eigenvalue weighted by atomic mass is 10.2. The van der Waals surface area contributed by atoms with Crippen LogP contribution in [0.4, 0.5) is 0 Å². The summed E-state index contributed by atoms with van der Waals surface area (Å²) in [5.74, 6) is 1.44. The summed E-state index contributed by atoms with van der Waals surface area (Å²) in [5.41, 5.74) is 7.21. The van der Waals surface area contributed by atoms with Gasteiger partial charge in [-0.1, -0.05) is 6.07 Å². The van der Waals surface area contributed by atoms with E-state index >= 15 is 0 Å². The van der Waals surface area contributed by atoms with E-state index in [0.29, 0.717) is 22.9 Å². The van der Waals surface area contributed by atoms with E-state index in [9.17, 15) is 0 Å². The molecule has 2 N–H and O–H groups in total. The molecule has 1 aromatic heterocycles. The third-order valence-corrected chi connectivity index (χ3v) is 2.79. The standard InChI is InChI=1S/C15H15N3O2/c1-10(17)12-4-6-15(18-9-12)20-13-5-3-11(8-16)7-14(13)19-2/h3-7,9-10H,17H2,1-2H3/t10-/m1/s1. The van der Waals surface area contributed by atoms with Crippen molar-refractivity contribution in [1.29, 1.82) is 5.26 Å². The summed E-state index contributed by atoms with van der Waals surface area (Å²) in [7, 11) is 1.52. The minimum Gasteiger partial charge on any atom is -0.493 e. The highest BCUT2D eigenvalue weighted by molar-refractivity contribution is 5.48. The van der Waals surface area contributed by atoms with Crippen LogP contribution in [0.25, 0.3) is 0 Å². The molecule has 1 aromatic carbocycles. The second-order valence-corrected chi connectivity index (χ2v) is 4.30. The molecule has 0 saturated heterocycles. The minimum absolute atomic E-state index is 0.0685. The van der Waals surface area contributed by atoms with Crippen LogP contribution in [0.15, 0.2) is 36.5 Å². The normalized spacial score (nSPS) is 11.5. The van der Waals surface area contributed by atoms with Crippen molar-refractivity contribution in [3.05, 3.63) is 47.7 Å². The van der Waals surface area contributed by atoms with Gasteiger partial charge >= 0.3 is 0 Å². The minimum atomic E-state index is -0.0685. The molecular formula is C15H15N3O2. The monoisotopic (exact) mass is 269 g/mol. The molecule has 0 aliphatic rings. The number of ether oxygens (including phenoxy) is 2. The predicted molar refractivity (Wildman–Crippen MR) is 74.6 cm³/mol. The number of hydrogen-bond acceptors (Lipinski definition) is 5.